The molecule has 2 N–H and O–H groups in total. The molecule has 0 aliphatic heterocycles. The van der Waals surface area contributed by atoms with E-state index in [9.17, 15) is 9.18 Å². The Morgan fingerprint density at radius 1 is 1.21 bits per heavy atom. The van der Waals surface area contributed by atoms with E-state index in [0.29, 0.717) is 22.7 Å². The zero-order valence-electron chi connectivity index (χ0n) is 15.2. The molecular formula is C20H15ClFN5O2. The number of benzene rings is 2. The second-order valence-corrected chi connectivity index (χ2v) is 6.27. The summed E-state index contributed by atoms with van der Waals surface area (Å²) < 4.78 is 19.3. The van der Waals surface area contributed by atoms with Gasteiger partial charge in [0, 0.05) is 16.9 Å². The predicted octanol–water partition coefficient (Wildman–Crippen LogP) is 4.86. The number of rotatable bonds is 7. The highest BCUT2D eigenvalue weighted by molar-refractivity contribution is 6.32. The lowest BCUT2D eigenvalue weighted by Gasteiger charge is -2.11. The highest BCUT2D eigenvalue weighted by Gasteiger charge is 2.10. The number of aromatic nitrogens is 2. The molecule has 3 rings (SSSR count). The first-order valence-corrected chi connectivity index (χ1v) is 8.81. The summed E-state index contributed by atoms with van der Waals surface area (Å²) in [6.45, 7) is 1.35. The van der Waals surface area contributed by atoms with Crippen LogP contribution in [0, 0.1) is 17.1 Å². The smallest absolute Gasteiger partial charge is 0.229 e. The quantitative estimate of drug-likeness (QED) is 0.535. The normalized spacial score (nSPS) is 10.1. The van der Waals surface area contributed by atoms with Gasteiger partial charge in [-0.25, -0.2) is 9.37 Å². The van der Waals surface area contributed by atoms with Crippen molar-refractivity contribution in [3.8, 4) is 11.8 Å². The Balaban J connectivity index is 1.76. The lowest BCUT2D eigenvalue weighted by molar-refractivity contribution is 0.101. The summed E-state index contributed by atoms with van der Waals surface area (Å²) in [5, 5.41) is 14.6. The second kappa shape index (κ2) is 8.99. The van der Waals surface area contributed by atoms with Gasteiger partial charge in [-0.05, 0) is 49.4 Å². The monoisotopic (exact) mass is 411 g/mol. The standard InChI is InChI=1S/C20H15ClFN5O2/c1-12(28)13-2-4-14(5-3-13)26-20-24-11-17(22)19(27-20)25-15-6-7-18(16(21)10-15)29-9-8-23/h2-7,10-11H,9H2,1H3,(H2,24,25,26,27). The molecule has 29 heavy (non-hydrogen) atoms. The first kappa shape index (κ1) is 20.0. The summed E-state index contributed by atoms with van der Waals surface area (Å²) in [6, 6.07) is 13.3. The van der Waals surface area contributed by atoms with Crippen LogP contribution in [-0.2, 0) is 0 Å². The van der Waals surface area contributed by atoms with Crippen molar-refractivity contribution in [2.75, 3.05) is 17.2 Å². The van der Waals surface area contributed by atoms with E-state index in [0.717, 1.165) is 6.20 Å². The van der Waals surface area contributed by atoms with Gasteiger partial charge in [-0.3, -0.25) is 4.79 Å². The van der Waals surface area contributed by atoms with E-state index in [2.05, 4.69) is 20.6 Å². The number of hydrogen-bond acceptors (Lipinski definition) is 7. The Morgan fingerprint density at radius 2 is 1.93 bits per heavy atom. The number of anilines is 4. The van der Waals surface area contributed by atoms with Crippen molar-refractivity contribution in [2.45, 2.75) is 6.92 Å². The van der Waals surface area contributed by atoms with Crippen LogP contribution in [0.15, 0.2) is 48.7 Å². The van der Waals surface area contributed by atoms with Gasteiger partial charge in [0.2, 0.25) is 5.95 Å². The third-order valence-corrected chi connectivity index (χ3v) is 4.07. The molecular weight excluding hydrogens is 397 g/mol. The van der Waals surface area contributed by atoms with Gasteiger partial charge in [0.25, 0.3) is 0 Å². The van der Waals surface area contributed by atoms with Crippen molar-refractivity contribution < 1.29 is 13.9 Å². The van der Waals surface area contributed by atoms with Crippen LogP contribution in [0.25, 0.3) is 0 Å². The van der Waals surface area contributed by atoms with Crippen LogP contribution in [0.1, 0.15) is 17.3 Å². The average Bonchev–Trinajstić information content (AvgIpc) is 2.70. The van der Waals surface area contributed by atoms with Gasteiger partial charge in [0.05, 0.1) is 11.2 Å². The topological polar surface area (TPSA) is 99.9 Å². The molecule has 2 aromatic carbocycles. The first-order chi connectivity index (χ1) is 14.0. The minimum Gasteiger partial charge on any atom is -0.477 e. The van der Waals surface area contributed by atoms with E-state index in [1.165, 1.54) is 13.0 Å². The third-order valence-electron chi connectivity index (χ3n) is 3.78. The summed E-state index contributed by atoms with van der Waals surface area (Å²) in [5.74, 6) is -0.223. The largest absolute Gasteiger partial charge is 0.477 e. The van der Waals surface area contributed by atoms with E-state index in [-0.39, 0.29) is 29.2 Å². The van der Waals surface area contributed by atoms with Crippen LogP contribution < -0.4 is 15.4 Å². The fourth-order valence-corrected chi connectivity index (χ4v) is 2.61. The maximum atomic E-state index is 14.1. The summed E-state index contributed by atoms with van der Waals surface area (Å²) >= 11 is 6.11. The van der Waals surface area contributed by atoms with E-state index < -0.39 is 5.82 Å². The lowest BCUT2D eigenvalue weighted by Crippen LogP contribution is -2.04. The zero-order chi connectivity index (χ0) is 20.8. The van der Waals surface area contributed by atoms with Crippen molar-refractivity contribution in [2.24, 2.45) is 0 Å². The van der Waals surface area contributed by atoms with Crippen molar-refractivity contribution in [3.63, 3.8) is 0 Å². The summed E-state index contributed by atoms with van der Waals surface area (Å²) in [7, 11) is 0. The minimum atomic E-state index is -0.650. The summed E-state index contributed by atoms with van der Waals surface area (Å²) in [6.07, 6.45) is 1.04. The SMILES string of the molecule is CC(=O)c1ccc(Nc2ncc(F)c(Nc3ccc(OCC#N)c(Cl)c3)n2)cc1. The van der Waals surface area contributed by atoms with Crippen molar-refractivity contribution >= 4 is 40.5 Å². The van der Waals surface area contributed by atoms with Gasteiger partial charge in [0.15, 0.2) is 24.0 Å². The van der Waals surface area contributed by atoms with E-state index >= 15 is 0 Å². The van der Waals surface area contributed by atoms with Gasteiger partial charge in [-0.15, -0.1) is 0 Å². The Morgan fingerprint density at radius 3 is 2.59 bits per heavy atom. The number of carbonyl (C=O) groups excluding carboxylic acids is 1. The van der Waals surface area contributed by atoms with Crippen LogP contribution in [0.4, 0.5) is 27.5 Å². The molecule has 0 aliphatic rings. The van der Waals surface area contributed by atoms with E-state index in [1.54, 1.807) is 36.4 Å². The molecule has 9 heteroatoms. The Bertz CT molecular complexity index is 1080. The number of hydrogen-bond donors (Lipinski definition) is 2. The molecule has 0 saturated heterocycles. The Kier molecular flexibility index (Phi) is 6.22. The highest BCUT2D eigenvalue weighted by Crippen LogP contribution is 2.29. The molecule has 0 fully saturated rings. The number of nitrogens with one attached hydrogen (secondary N) is 2. The van der Waals surface area contributed by atoms with Gasteiger partial charge < -0.3 is 15.4 Å². The van der Waals surface area contributed by atoms with Crippen molar-refractivity contribution in [1.29, 1.82) is 5.26 Å². The van der Waals surface area contributed by atoms with Crippen LogP contribution in [0.5, 0.6) is 5.75 Å². The molecule has 1 heterocycles. The number of ether oxygens (including phenoxy) is 1. The van der Waals surface area contributed by atoms with Crippen LogP contribution >= 0.6 is 11.6 Å². The molecule has 3 aromatic rings. The Labute approximate surface area is 171 Å². The average molecular weight is 412 g/mol. The van der Waals surface area contributed by atoms with E-state index in [4.69, 9.17) is 21.6 Å². The molecule has 0 amide bonds. The van der Waals surface area contributed by atoms with Gasteiger partial charge >= 0.3 is 0 Å². The van der Waals surface area contributed by atoms with Crippen molar-refractivity contribution in [1.82, 2.24) is 9.97 Å². The maximum absolute atomic E-state index is 14.1. The zero-order valence-corrected chi connectivity index (χ0v) is 16.0. The number of Topliss-reactive ketones (excluding diaryl/α,β-unsaturated/α-hetero) is 1. The predicted molar refractivity (Wildman–Crippen MR) is 108 cm³/mol. The minimum absolute atomic E-state index is 0.0382. The Hall–Kier alpha value is -3.70. The summed E-state index contributed by atoms with van der Waals surface area (Å²) in [4.78, 5) is 19.4. The molecule has 146 valence electrons. The molecule has 0 spiro atoms. The summed E-state index contributed by atoms with van der Waals surface area (Å²) in [5.41, 5.74) is 1.71. The van der Waals surface area contributed by atoms with Gasteiger partial charge in [0.1, 0.15) is 11.8 Å². The maximum Gasteiger partial charge on any atom is 0.229 e. The molecule has 0 atom stereocenters. The fourth-order valence-electron chi connectivity index (χ4n) is 2.37. The fraction of sp³-hybridized carbons (Fsp3) is 0.100. The number of nitriles is 1. The van der Waals surface area contributed by atoms with Crippen LogP contribution in [0.2, 0.25) is 5.02 Å². The van der Waals surface area contributed by atoms with Crippen molar-refractivity contribution in [3.05, 3.63) is 65.1 Å². The molecule has 0 saturated carbocycles. The highest BCUT2D eigenvalue weighted by atomic mass is 35.5. The van der Waals surface area contributed by atoms with Gasteiger partial charge in [-0.2, -0.15) is 10.2 Å². The van der Waals surface area contributed by atoms with Crippen LogP contribution in [0.3, 0.4) is 0 Å². The number of ketones is 1. The number of nitrogens with zero attached hydrogens (tertiary/aromatic N) is 3. The number of carbonyl (C=O) groups is 1. The molecule has 0 unspecified atom stereocenters. The molecule has 0 radical (unpaired) electrons. The first-order valence-electron chi connectivity index (χ1n) is 8.43. The lowest BCUT2D eigenvalue weighted by atomic mass is 10.1. The number of halogens is 2. The molecule has 1 aromatic heterocycles. The second-order valence-electron chi connectivity index (χ2n) is 5.87. The molecule has 7 nitrogen and oxygen atoms in total. The molecule has 0 aliphatic carbocycles. The molecule has 0 bridgehead atoms. The van der Waals surface area contributed by atoms with Gasteiger partial charge in [-0.1, -0.05) is 11.6 Å². The van der Waals surface area contributed by atoms with Crippen LogP contribution in [-0.4, -0.2) is 22.4 Å². The third kappa shape index (κ3) is 5.18. The van der Waals surface area contributed by atoms with E-state index in [1.807, 2.05) is 6.07 Å².